The fourth-order valence-corrected chi connectivity index (χ4v) is 2.57. The first-order valence-electron chi connectivity index (χ1n) is 8.03. The maximum absolute atomic E-state index is 12.5. The van der Waals surface area contributed by atoms with Crippen LogP contribution in [0.3, 0.4) is 0 Å². The Bertz CT molecular complexity index is 736. The van der Waals surface area contributed by atoms with Crippen molar-refractivity contribution in [3.8, 4) is 0 Å². The molecule has 0 radical (unpaired) electrons. The summed E-state index contributed by atoms with van der Waals surface area (Å²) in [6.07, 6.45) is 0. The molecule has 2 aromatic rings. The predicted octanol–water partition coefficient (Wildman–Crippen LogP) is 1.76. The number of aryl methyl sites for hydroxylation is 2. The molecule has 1 N–H and O–H groups in total. The van der Waals surface area contributed by atoms with E-state index in [1.54, 1.807) is 13.1 Å². The SMILES string of the molecule is CCNC(=O)CN(C)C(=O)c1cccc(Cn2nc(C)cc2C)c1. The molecule has 0 aliphatic heterocycles. The van der Waals surface area contributed by atoms with Gasteiger partial charge in [0.05, 0.1) is 18.8 Å². The molecule has 1 aromatic heterocycles. The number of nitrogens with one attached hydrogen (secondary N) is 1. The minimum absolute atomic E-state index is 0.0500. The number of carbonyl (C=O) groups is 2. The highest BCUT2D eigenvalue weighted by molar-refractivity contribution is 5.96. The van der Waals surface area contributed by atoms with Gasteiger partial charge in [0.25, 0.3) is 5.91 Å². The Kier molecular flexibility index (Phi) is 5.73. The second-order valence-corrected chi connectivity index (χ2v) is 5.90. The predicted molar refractivity (Wildman–Crippen MR) is 92.9 cm³/mol. The first-order chi connectivity index (χ1) is 11.4. The van der Waals surface area contributed by atoms with E-state index in [2.05, 4.69) is 10.4 Å². The molecule has 0 saturated heterocycles. The normalized spacial score (nSPS) is 10.5. The highest BCUT2D eigenvalue weighted by Gasteiger charge is 2.15. The van der Waals surface area contributed by atoms with Gasteiger partial charge in [-0.3, -0.25) is 14.3 Å². The van der Waals surface area contributed by atoms with Gasteiger partial charge in [0.1, 0.15) is 0 Å². The minimum atomic E-state index is -0.170. The highest BCUT2D eigenvalue weighted by atomic mass is 16.2. The van der Waals surface area contributed by atoms with Gasteiger partial charge in [-0.25, -0.2) is 0 Å². The Morgan fingerprint density at radius 2 is 2.00 bits per heavy atom. The van der Waals surface area contributed by atoms with Crippen molar-refractivity contribution in [1.82, 2.24) is 20.0 Å². The number of carbonyl (C=O) groups excluding carboxylic acids is 2. The van der Waals surface area contributed by atoms with Gasteiger partial charge in [0, 0.05) is 24.8 Å². The molecular formula is C18H24N4O2. The van der Waals surface area contributed by atoms with Crippen molar-refractivity contribution in [2.75, 3.05) is 20.1 Å². The summed E-state index contributed by atoms with van der Waals surface area (Å²) >= 11 is 0. The zero-order valence-electron chi connectivity index (χ0n) is 14.7. The lowest BCUT2D eigenvalue weighted by Gasteiger charge is -2.17. The van der Waals surface area contributed by atoms with Gasteiger partial charge in [0.2, 0.25) is 5.91 Å². The van der Waals surface area contributed by atoms with Crippen LogP contribution in [0.1, 0.15) is 34.2 Å². The summed E-state index contributed by atoms with van der Waals surface area (Å²) < 4.78 is 1.91. The van der Waals surface area contributed by atoms with Crippen LogP contribution in [-0.2, 0) is 11.3 Å². The van der Waals surface area contributed by atoms with Crippen molar-refractivity contribution < 1.29 is 9.59 Å². The van der Waals surface area contributed by atoms with Gasteiger partial charge in [-0.15, -0.1) is 0 Å². The zero-order valence-corrected chi connectivity index (χ0v) is 14.7. The molecule has 0 atom stereocenters. The second kappa shape index (κ2) is 7.77. The Balaban J connectivity index is 2.10. The molecular weight excluding hydrogens is 304 g/mol. The third kappa shape index (κ3) is 4.44. The number of nitrogens with zero attached hydrogens (tertiary/aromatic N) is 3. The summed E-state index contributed by atoms with van der Waals surface area (Å²) in [5.74, 6) is -0.330. The fraction of sp³-hybridized carbons (Fsp3) is 0.389. The van der Waals surface area contributed by atoms with Crippen LogP contribution in [0.15, 0.2) is 30.3 Å². The van der Waals surface area contributed by atoms with E-state index in [0.29, 0.717) is 18.7 Å². The standard InChI is InChI=1S/C18H24N4O2/c1-5-19-17(23)12-21(4)18(24)16-8-6-7-15(10-16)11-22-14(3)9-13(2)20-22/h6-10H,5,11-12H2,1-4H3,(H,19,23). The van der Waals surface area contributed by atoms with E-state index in [4.69, 9.17) is 0 Å². The summed E-state index contributed by atoms with van der Waals surface area (Å²) in [7, 11) is 1.63. The van der Waals surface area contributed by atoms with Crippen LogP contribution in [0.4, 0.5) is 0 Å². The molecule has 0 unspecified atom stereocenters. The van der Waals surface area contributed by atoms with Gasteiger partial charge in [-0.1, -0.05) is 12.1 Å². The van der Waals surface area contributed by atoms with Crippen LogP contribution in [0.2, 0.25) is 0 Å². The average molecular weight is 328 g/mol. The summed E-state index contributed by atoms with van der Waals surface area (Å²) in [6.45, 7) is 7.03. The Hall–Kier alpha value is -2.63. The van der Waals surface area contributed by atoms with E-state index >= 15 is 0 Å². The quantitative estimate of drug-likeness (QED) is 0.878. The van der Waals surface area contributed by atoms with Crippen LogP contribution >= 0.6 is 0 Å². The lowest BCUT2D eigenvalue weighted by molar-refractivity contribution is -0.121. The first kappa shape index (κ1) is 17.7. The lowest BCUT2D eigenvalue weighted by Crippen LogP contribution is -2.38. The number of rotatable bonds is 6. The van der Waals surface area contributed by atoms with Crippen molar-refractivity contribution >= 4 is 11.8 Å². The van der Waals surface area contributed by atoms with E-state index < -0.39 is 0 Å². The average Bonchev–Trinajstić information content (AvgIpc) is 2.84. The molecule has 0 saturated carbocycles. The van der Waals surface area contributed by atoms with Crippen LogP contribution in [0.25, 0.3) is 0 Å². The molecule has 128 valence electrons. The third-order valence-corrected chi connectivity index (χ3v) is 3.71. The molecule has 6 heteroatoms. The Labute approximate surface area is 142 Å². The monoisotopic (exact) mass is 328 g/mol. The third-order valence-electron chi connectivity index (χ3n) is 3.71. The molecule has 0 spiro atoms. The number of amides is 2. The second-order valence-electron chi connectivity index (χ2n) is 5.90. The topological polar surface area (TPSA) is 67.2 Å². The maximum atomic E-state index is 12.5. The first-order valence-corrected chi connectivity index (χ1v) is 8.03. The molecule has 0 aliphatic rings. The smallest absolute Gasteiger partial charge is 0.254 e. The van der Waals surface area contributed by atoms with Crippen LogP contribution in [0, 0.1) is 13.8 Å². The van der Waals surface area contributed by atoms with Gasteiger partial charge >= 0.3 is 0 Å². The van der Waals surface area contributed by atoms with E-state index in [1.807, 2.05) is 49.7 Å². The van der Waals surface area contributed by atoms with Crippen molar-refractivity contribution in [2.24, 2.45) is 0 Å². The van der Waals surface area contributed by atoms with E-state index in [1.165, 1.54) is 4.90 Å². The Morgan fingerprint density at radius 1 is 1.25 bits per heavy atom. The largest absolute Gasteiger partial charge is 0.355 e. The molecule has 0 fully saturated rings. The van der Waals surface area contributed by atoms with Crippen molar-refractivity contribution in [1.29, 1.82) is 0 Å². The molecule has 6 nitrogen and oxygen atoms in total. The summed E-state index contributed by atoms with van der Waals surface area (Å²) in [4.78, 5) is 25.5. The lowest BCUT2D eigenvalue weighted by atomic mass is 10.1. The summed E-state index contributed by atoms with van der Waals surface area (Å²) in [5, 5.41) is 7.13. The number of likely N-dealkylation sites (N-methyl/N-ethyl adjacent to an activating group) is 2. The molecule has 1 heterocycles. The molecule has 2 rings (SSSR count). The van der Waals surface area contributed by atoms with Gasteiger partial charge in [0.15, 0.2) is 0 Å². The molecule has 24 heavy (non-hydrogen) atoms. The maximum Gasteiger partial charge on any atom is 0.254 e. The fourth-order valence-electron chi connectivity index (χ4n) is 2.57. The number of aromatic nitrogens is 2. The Morgan fingerprint density at radius 3 is 2.62 bits per heavy atom. The number of hydrogen-bond acceptors (Lipinski definition) is 3. The molecule has 0 bridgehead atoms. The molecule has 2 amide bonds. The van der Waals surface area contributed by atoms with Gasteiger partial charge in [-0.05, 0) is 44.5 Å². The van der Waals surface area contributed by atoms with Gasteiger partial charge < -0.3 is 10.2 Å². The van der Waals surface area contributed by atoms with Crippen LogP contribution in [0.5, 0.6) is 0 Å². The van der Waals surface area contributed by atoms with Gasteiger partial charge in [-0.2, -0.15) is 5.10 Å². The number of hydrogen-bond donors (Lipinski definition) is 1. The molecule has 0 aliphatic carbocycles. The van der Waals surface area contributed by atoms with E-state index in [0.717, 1.165) is 17.0 Å². The van der Waals surface area contributed by atoms with Crippen LogP contribution < -0.4 is 5.32 Å². The summed E-state index contributed by atoms with van der Waals surface area (Å²) in [6, 6.07) is 9.47. The van der Waals surface area contributed by atoms with Crippen molar-refractivity contribution in [3.05, 3.63) is 52.8 Å². The van der Waals surface area contributed by atoms with Crippen molar-refractivity contribution in [3.63, 3.8) is 0 Å². The van der Waals surface area contributed by atoms with Crippen LogP contribution in [-0.4, -0.2) is 46.6 Å². The highest BCUT2D eigenvalue weighted by Crippen LogP contribution is 2.11. The van der Waals surface area contributed by atoms with E-state index in [-0.39, 0.29) is 18.4 Å². The van der Waals surface area contributed by atoms with Crippen molar-refractivity contribution in [2.45, 2.75) is 27.3 Å². The zero-order chi connectivity index (χ0) is 17.7. The number of benzene rings is 1. The summed E-state index contributed by atoms with van der Waals surface area (Å²) in [5.41, 5.74) is 3.62. The molecule has 1 aromatic carbocycles. The van der Waals surface area contributed by atoms with E-state index in [9.17, 15) is 9.59 Å². The minimum Gasteiger partial charge on any atom is -0.355 e.